The van der Waals surface area contributed by atoms with Crippen molar-refractivity contribution in [1.82, 2.24) is 4.90 Å². The molecule has 3 aromatic rings. The van der Waals surface area contributed by atoms with E-state index in [0.29, 0.717) is 13.0 Å². The van der Waals surface area contributed by atoms with Crippen LogP contribution in [-0.2, 0) is 22.6 Å². The Hall–Kier alpha value is -3.40. The van der Waals surface area contributed by atoms with E-state index in [1.165, 1.54) is 4.90 Å². The van der Waals surface area contributed by atoms with E-state index < -0.39 is 0 Å². The van der Waals surface area contributed by atoms with Gasteiger partial charge in [0.05, 0.1) is 25.5 Å². The van der Waals surface area contributed by atoms with E-state index >= 15 is 0 Å². The van der Waals surface area contributed by atoms with Crippen LogP contribution >= 0.6 is 0 Å². The van der Waals surface area contributed by atoms with Gasteiger partial charge in [0.25, 0.3) is 0 Å². The molecule has 0 spiro atoms. The Morgan fingerprint density at radius 3 is 2.30 bits per heavy atom. The molecule has 1 aliphatic heterocycles. The van der Waals surface area contributed by atoms with Gasteiger partial charge in [-0.3, -0.25) is 14.5 Å². The topological polar surface area (TPSA) is 46.6 Å². The maximum Gasteiger partial charge on any atom is 0.234 e. The largest absolute Gasteiger partial charge is 0.497 e. The van der Waals surface area contributed by atoms with E-state index in [2.05, 4.69) is 0 Å². The third-order valence-corrected chi connectivity index (χ3v) is 6.40. The van der Waals surface area contributed by atoms with Gasteiger partial charge in [-0.15, -0.1) is 0 Å². The maximum absolute atomic E-state index is 13.6. The van der Waals surface area contributed by atoms with E-state index in [1.54, 1.807) is 7.11 Å². The van der Waals surface area contributed by atoms with Crippen molar-refractivity contribution >= 4 is 11.8 Å². The van der Waals surface area contributed by atoms with Gasteiger partial charge in [-0.2, -0.15) is 0 Å². The molecule has 1 fully saturated rings. The van der Waals surface area contributed by atoms with Gasteiger partial charge in [-0.05, 0) is 40.8 Å². The first-order valence-electron chi connectivity index (χ1n) is 10.3. The van der Waals surface area contributed by atoms with Crippen molar-refractivity contribution in [2.24, 2.45) is 11.8 Å². The minimum Gasteiger partial charge on any atom is -0.497 e. The van der Waals surface area contributed by atoms with Crippen molar-refractivity contribution < 1.29 is 14.3 Å². The number of carbonyl (C=O) groups excluding carboxylic acids is 2. The summed E-state index contributed by atoms with van der Waals surface area (Å²) in [4.78, 5) is 28.4. The maximum atomic E-state index is 13.6. The Morgan fingerprint density at radius 2 is 1.60 bits per heavy atom. The minimum absolute atomic E-state index is 0.0590. The van der Waals surface area contributed by atoms with Gasteiger partial charge in [0.15, 0.2) is 0 Å². The summed E-state index contributed by atoms with van der Waals surface area (Å²) in [5, 5.41) is 0. The summed E-state index contributed by atoms with van der Waals surface area (Å²) in [6.45, 7) is 0.326. The highest BCUT2D eigenvalue weighted by atomic mass is 16.5. The molecule has 3 aromatic carbocycles. The number of amides is 2. The molecule has 0 saturated carbocycles. The van der Waals surface area contributed by atoms with E-state index in [4.69, 9.17) is 4.74 Å². The van der Waals surface area contributed by atoms with Gasteiger partial charge in [0, 0.05) is 5.92 Å². The first-order valence-corrected chi connectivity index (χ1v) is 10.3. The molecule has 3 atom stereocenters. The summed E-state index contributed by atoms with van der Waals surface area (Å²) in [5.74, 6) is -0.235. The van der Waals surface area contributed by atoms with Crippen LogP contribution in [0.2, 0.25) is 0 Å². The minimum atomic E-state index is -0.386. The average molecular weight is 397 g/mol. The summed E-state index contributed by atoms with van der Waals surface area (Å²) in [5.41, 5.74) is 4.23. The monoisotopic (exact) mass is 397 g/mol. The summed E-state index contributed by atoms with van der Waals surface area (Å²) < 4.78 is 5.46. The van der Waals surface area contributed by atoms with Crippen LogP contribution in [0.25, 0.3) is 0 Å². The zero-order valence-corrected chi connectivity index (χ0v) is 16.8. The number of hydrogen-bond donors (Lipinski definition) is 0. The molecule has 0 aromatic heterocycles. The predicted molar refractivity (Wildman–Crippen MR) is 114 cm³/mol. The van der Waals surface area contributed by atoms with Crippen LogP contribution in [0.3, 0.4) is 0 Å². The molecule has 4 nitrogen and oxygen atoms in total. The quantitative estimate of drug-likeness (QED) is 0.621. The molecule has 5 rings (SSSR count). The van der Waals surface area contributed by atoms with Gasteiger partial charge in [0.2, 0.25) is 11.8 Å². The van der Waals surface area contributed by atoms with Gasteiger partial charge < -0.3 is 4.74 Å². The molecule has 0 N–H and O–H groups in total. The third kappa shape index (κ3) is 3.00. The van der Waals surface area contributed by atoms with Gasteiger partial charge in [-0.25, -0.2) is 0 Å². The number of likely N-dealkylation sites (tertiary alicyclic amines) is 1. The number of fused-ring (bicyclic) bond motifs is 2. The molecular formula is C26H23NO3. The molecule has 0 radical (unpaired) electrons. The second-order valence-electron chi connectivity index (χ2n) is 8.04. The smallest absolute Gasteiger partial charge is 0.234 e. The number of imide groups is 1. The van der Waals surface area contributed by atoms with Crippen molar-refractivity contribution in [3.8, 4) is 5.75 Å². The number of carbonyl (C=O) groups is 2. The number of hydrogen-bond acceptors (Lipinski definition) is 3. The number of ether oxygens (including phenoxy) is 1. The molecule has 4 heteroatoms. The number of nitrogens with zero attached hydrogens (tertiary/aromatic N) is 1. The van der Waals surface area contributed by atoms with Crippen LogP contribution in [0, 0.1) is 11.8 Å². The lowest BCUT2D eigenvalue weighted by atomic mass is 9.67. The second-order valence-corrected chi connectivity index (χ2v) is 8.04. The second kappa shape index (κ2) is 7.45. The molecular weight excluding hydrogens is 374 g/mol. The zero-order valence-electron chi connectivity index (χ0n) is 16.8. The van der Waals surface area contributed by atoms with E-state index in [9.17, 15) is 9.59 Å². The molecule has 1 aliphatic carbocycles. The Labute approximate surface area is 176 Å². The van der Waals surface area contributed by atoms with Crippen molar-refractivity contribution in [3.63, 3.8) is 0 Å². The molecule has 2 aliphatic rings. The Balaban J connectivity index is 1.59. The summed E-state index contributed by atoms with van der Waals surface area (Å²) in [6, 6.07) is 25.8. The summed E-state index contributed by atoms with van der Waals surface area (Å²) in [6.07, 6.45) is 0.586. The van der Waals surface area contributed by atoms with Gasteiger partial charge >= 0.3 is 0 Å². The lowest BCUT2D eigenvalue weighted by Gasteiger charge is -2.33. The molecule has 3 unspecified atom stereocenters. The molecule has 1 heterocycles. The SMILES string of the molecule is COc1ccc2c(c1)C(c1ccccc1)C1C(=O)N(Cc3ccccc3)C(=O)C1C2. The normalized spacial score (nSPS) is 22.6. The first-order chi connectivity index (χ1) is 14.7. The van der Waals surface area contributed by atoms with E-state index in [0.717, 1.165) is 28.0 Å². The van der Waals surface area contributed by atoms with E-state index in [-0.39, 0.29) is 29.6 Å². The fourth-order valence-electron chi connectivity index (χ4n) is 4.98. The molecule has 0 bridgehead atoms. The molecule has 30 heavy (non-hydrogen) atoms. The highest BCUT2D eigenvalue weighted by molar-refractivity contribution is 6.06. The Bertz CT molecular complexity index is 1090. The molecule has 1 saturated heterocycles. The fraction of sp³-hybridized carbons (Fsp3) is 0.231. The summed E-state index contributed by atoms with van der Waals surface area (Å²) in [7, 11) is 1.65. The Morgan fingerprint density at radius 1 is 0.900 bits per heavy atom. The van der Waals surface area contributed by atoms with Gasteiger partial charge in [-0.1, -0.05) is 66.7 Å². The summed E-state index contributed by atoms with van der Waals surface area (Å²) >= 11 is 0. The van der Waals surface area contributed by atoms with E-state index in [1.807, 2.05) is 78.9 Å². The van der Waals surface area contributed by atoms with Crippen LogP contribution < -0.4 is 4.74 Å². The highest BCUT2D eigenvalue weighted by Crippen LogP contribution is 2.49. The lowest BCUT2D eigenvalue weighted by molar-refractivity contribution is -0.140. The average Bonchev–Trinajstić information content (AvgIpc) is 3.03. The standard InChI is InChI=1S/C26H23NO3/c1-30-20-13-12-19-14-22-24(23(21(19)15-20)18-10-6-3-7-11-18)26(29)27(25(22)28)16-17-8-4-2-5-9-17/h2-13,15,22-24H,14,16H2,1H3. The third-order valence-electron chi connectivity index (χ3n) is 6.40. The fourth-order valence-corrected chi connectivity index (χ4v) is 4.98. The van der Waals surface area contributed by atoms with Crippen molar-refractivity contribution in [2.75, 3.05) is 7.11 Å². The predicted octanol–water partition coefficient (Wildman–Crippen LogP) is 4.18. The molecule has 2 amide bonds. The Kier molecular flexibility index (Phi) is 4.62. The van der Waals surface area contributed by atoms with Crippen LogP contribution in [0.4, 0.5) is 0 Å². The van der Waals surface area contributed by atoms with Crippen molar-refractivity contribution in [2.45, 2.75) is 18.9 Å². The van der Waals surface area contributed by atoms with Crippen molar-refractivity contribution in [3.05, 3.63) is 101 Å². The number of benzene rings is 3. The number of methoxy groups -OCH3 is 1. The first kappa shape index (κ1) is 18.6. The molecule has 150 valence electrons. The van der Waals surface area contributed by atoms with Crippen LogP contribution in [0.15, 0.2) is 78.9 Å². The van der Waals surface area contributed by atoms with Gasteiger partial charge in [0.1, 0.15) is 5.75 Å². The van der Waals surface area contributed by atoms with Crippen LogP contribution in [0.1, 0.15) is 28.2 Å². The zero-order chi connectivity index (χ0) is 20.7. The number of rotatable bonds is 4. The highest BCUT2D eigenvalue weighted by Gasteiger charge is 2.54. The van der Waals surface area contributed by atoms with Crippen LogP contribution in [-0.4, -0.2) is 23.8 Å². The lowest BCUT2D eigenvalue weighted by Crippen LogP contribution is -2.33. The van der Waals surface area contributed by atoms with Crippen molar-refractivity contribution in [1.29, 1.82) is 0 Å². The van der Waals surface area contributed by atoms with Crippen LogP contribution in [0.5, 0.6) is 5.75 Å².